The predicted molar refractivity (Wildman–Crippen MR) is 117 cm³/mol. The van der Waals surface area contributed by atoms with Crippen molar-refractivity contribution < 1.29 is 0 Å². The smallest absolute Gasteiger partial charge is 0.279 e. The molecule has 7 heteroatoms. The second kappa shape index (κ2) is 6.32. The molecule has 3 heterocycles. The molecule has 5 aromatic rings. The zero-order chi connectivity index (χ0) is 21.2. The van der Waals surface area contributed by atoms with Crippen molar-refractivity contribution in [3.8, 4) is 16.9 Å². The maximum absolute atomic E-state index is 12.9. The van der Waals surface area contributed by atoms with Crippen LogP contribution in [-0.2, 0) is 14.1 Å². The van der Waals surface area contributed by atoms with Gasteiger partial charge < -0.3 is 0 Å². The SMILES string of the molecule is Cc1ccc(-c2cn3c4c(=O)n(C)c(=O)n(C)c4nc3n2-c2ccc(C)cc2)cc1. The molecular formula is C23H21N5O2. The molecule has 2 aromatic carbocycles. The van der Waals surface area contributed by atoms with Gasteiger partial charge in [0.05, 0.1) is 5.69 Å². The van der Waals surface area contributed by atoms with Gasteiger partial charge in [-0.3, -0.25) is 22.9 Å². The molecule has 7 nitrogen and oxygen atoms in total. The summed E-state index contributed by atoms with van der Waals surface area (Å²) in [5, 5.41) is 0. The Bertz CT molecular complexity index is 1550. The van der Waals surface area contributed by atoms with Gasteiger partial charge >= 0.3 is 5.69 Å². The van der Waals surface area contributed by atoms with Crippen molar-refractivity contribution in [2.45, 2.75) is 13.8 Å². The van der Waals surface area contributed by atoms with Crippen molar-refractivity contribution in [3.63, 3.8) is 0 Å². The number of rotatable bonds is 2. The van der Waals surface area contributed by atoms with Gasteiger partial charge in [0.15, 0.2) is 11.2 Å². The van der Waals surface area contributed by atoms with Crippen LogP contribution in [0.2, 0.25) is 0 Å². The minimum absolute atomic E-state index is 0.364. The molecule has 0 fully saturated rings. The largest absolute Gasteiger partial charge is 0.332 e. The summed E-state index contributed by atoms with van der Waals surface area (Å²) in [5.41, 5.74) is 5.19. The lowest BCUT2D eigenvalue weighted by atomic mass is 10.1. The van der Waals surface area contributed by atoms with E-state index in [1.54, 1.807) is 11.4 Å². The molecule has 0 unspecified atom stereocenters. The number of aryl methyl sites for hydroxylation is 3. The van der Waals surface area contributed by atoms with Crippen molar-refractivity contribution in [2.24, 2.45) is 14.1 Å². The Labute approximate surface area is 172 Å². The van der Waals surface area contributed by atoms with Crippen molar-refractivity contribution >= 4 is 16.9 Å². The van der Waals surface area contributed by atoms with Crippen LogP contribution in [0.4, 0.5) is 0 Å². The Hall–Kier alpha value is -3.87. The molecule has 0 aliphatic heterocycles. The van der Waals surface area contributed by atoms with Crippen LogP contribution < -0.4 is 11.2 Å². The number of aromatic nitrogens is 5. The summed E-state index contributed by atoms with van der Waals surface area (Å²) in [6.45, 7) is 4.09. The highest BCUT2D eigenvalue weighted by Crippen LogP contribution is 2.29. The summed E-state index contributed by atoms with van der Waals surface area (Å²) >= 11 is 0. The molecule has 0 aliphatic carbocycles. The van der Waals surface area contributed by atoms with E-state index in [9.17, 15) is 9.59 Å². The lowest BCUT2D eigenvalue weighted by Crippen LogP contribution is -2.37. The van der Waals surface area contributed by atoms with E-state index in [1.165, 1.54) is 17.2 Å². The van der Waals surface area contributed by atoms with E-state index < -0.39 is 5.69 Å². The molecule has 0 spiro atoms. The van der Waals surface area contributed by atoms with Gasteiger partial charge in [-0.25, -0.2) is 4.79 Å². The van der Waals surface area contributed by atoms with Crippen molar-refractivity contribution in [2.75, 3.05) is 0 Å². The number of fused-ring (bicyclic) bond motifs is 3. The van der Waals surface area contributed by atoms with Gasteiger partial charge in [-0.1, -0.05) is 47.5 Å². The van der Waals surface area contributed by atoms with Gasteiger partial charge in [-0.05, 0) is 26.0 Å². The average Bonchev–Trinajstić information content (AvgIpc) is 3.28. The standard InChI is InChI=1S/C23H21N5O2/c1-14-5-9-16(10-6-14)18-13-27-19-20(25(3)23(30)26(4)21(19)29)24-22(27)28(18)17-11-7-15(2)8-12-17/h5-13H,1-4H3. The Balaban J connectivity index is 1.95. The molecule has 0 saturated heterocycles. The molecule has 0 atom stereocenters. The van der Waals surface area contributed by atoms with E-state index in [1.807, 2.05) is 48.9 Å². The van der Waals surface area contributed by atoms with E-state index in [0.717, 1.165) is 27.1 Å². The van der Waals surface area contributed by atoms with Gasteiger partial charge in [-0.15, -0.1) is 0 Å². The first-order valence-corrected chi connectivity index (χ1v) is 9.70. The molecule has 30 heavy (non-hydrogen) atoms. The fourth-order valence-corrected chi connectivity index (χ4v) is 3.85. The van der Waals surface area contributed by atoms with Crippen LogP contribution in [0.1, 0.15) is 11.1 Å². The van der Waals surface area contributed by atoms with Gasteiger partial charge in [-0.2, -0.15) is 4.98 Å². The highest BCUT2D eigenvalue weighted by molar-refractivity contribution is 5.79. The lowest BCUT2D eigenvalue weighted by molar-refractivity contribution is 0.708. The van der Waals surface area contributed by atoms with Gasteiger partial charge in [0.1, 0.15) is 0 Å². The molecule has 0 N–H and O–H groups in total. The fraction of sp³-hybridized carbons (Fsp3) is 0.174. The van der Waals surface area contributed by atoms with Crippen molar-refractivity contribution in [3.05, 3.63) is 86.7 Å². The molecule has 0 saturated carbocycles. The maximum Gasteiger partial charge on any atom is 0.332 e. The third-order valence-corrected chi connectivity index (χ3v) is 5.60. The zero-order valence-electron chi connectivity index (χ0n) is 17.2. The van der Waals surface area contributed by atoms with Gasteiger partial charge in [0.25, 0.3) is 5.56 Å². The average molecular weight is 399 g/mol. The minimum Gasteiger partial charge on any atom is -0.279 e. The zero-order valence-corrected chi connectivity index (χ0v) is 17.2. The normalized spacial score (nSPS) is 11.6. The predicted octanol–water partition coefficient (Wildman–Crippen LogP) is 2.96. The van der Waals surface area contributed by atoms with Crippen molar-refractivity contribution in [1.82, 2.24) is 23.1 Å². The second-order valence-electron chi connectivity index (χ2n) is 7.71. The fourth-order valence-electron chi connectivity index (χ4n) is 3.85. The molecule has 3 aromatic heterocycles. The van der Waals surface area contributed by atoms with E-state index in [-0.39, 0.29) is 5.56 Å². The second-order valence-corrected chi connectivity index (χ2v) is 7.71. The topological polar surface area (TPSA) is 66.2 Å². The summed E-state index contributed by atoms with van der Waals surface area (Å²) in [6.07, 6.45) is 1.92. The lowest BCUT2D eigenvalue weighted by Gasteiger charge is -2.10. The minimum atomic E-state index is -0.395. The summed E-state index contributed by atoms with van der Waals surface area (Å²) in [6, 6.07) is 16.4. The van der Waals surface area contributed by atoms with Crippen LogP contribution >= 0.6 is 0 Å². The van der Waals surface area contributed by atoms with Crippen LogP contribution in [0.25, 0.3) is 33.9 Å². The summed E-state index contributed by atoms with van der Waals surface area (Å²) in [7, 11) is 3.12. The van der Waals surface area contributed by atoms with E-state index in [2.05, 4.69) is 24.3 Å². The number of imidazole rings is 2. The Morgan fingerprint density at radius 2 is 1.40 bits per heavy atom. The third kappa shape index (κ3) is 2.48. The summed E-state index contributed by atoms with van der Waals surface area (Å²) < 4.78 is 6.33. The Morgan fingerprint density at radius 3 is 2.03 bits per heavy atom. The molecule has 0 radical (unpaired) electrons. The Morgan fingerprint density at radius 1 is 0.800 bits per heavy atom. The van der Waals surface area contributed by atoms with Crippen LogP contribution in [0.5, 0.6) is 0 Å². The molecule has 0 bridgehead atoms. The van der Waals surface area contributed by atoms with Gasteiger partial charge in [0.2, 0.25) is 5.78 Å². The molecular weight excluding hydrogens is 378 g/mol. The number of benzene rings is 2. The van der Waals surface area contributed by atoms with Crippen LogP contribution in [0, 0.1) is 13.8 Å². The van der Waals surface area contributed by atoms with E-state index in [0.29, 0.717) is 16.9 Å². The number of nitrogens with zero attached hydrogens (tertiary/aromatic N) is 5. The highest BCUT2D eigenvalue weighted by Gasteiger charge is 2.21. The van der Waals surface area contributed by atoms with E-state index in [4.69, 9.17) is 4.98 Å². The molecule has 0 aliphatic rings. The highest BCUT2D eigenvalue weighted by atomic mass is 16.2. The van der Waals surface area contributed by atoms with Crippen LogP contribution in [0.3, 0.4) is 0 Å². The first kappa shape index (κ1) is 18.2. The quantitative estimate of drug-likeness (QED) is 0.458. The molecule has 150 valence electrons. The monoisotopic (exact) mass is 399 g/mol. The van der Waals surface area contributed by atoms with Crippen LogP contribution in [-0.4, -0.2) is 23.1 Å². The number of hydrogen-bond donors (Lipinski definition) is 0. The van der Waals surface area contributed by atoms with Gasteiger partial charge in [0, 0.05) is 31.5 Å². The van der Waals surface area contributed by atoms with Crippen LogP contribution in [0.15, 0.2) is 64.3 Å². The van der Waals surface area contributed by atoms with E-state index >= 15 is 0 Å². The molecule has 0 amide bonds. The number of hydrogen-bond acceptors (Lipinski definition) is 3. The summed E-state index contributed by atoms with van der Waals surface area (Å²) in [5.74, 6) is 0.586. The maximum atomic E-state index is 12.9. The first-order valence-electron chi connectivity index (χ1n) is 9.70. The molecule has 5 rings (SSSR count). The first-order chi connectivity index (χ1) is 14.4. The summed E-state index contributed by atoms with van der Waals surface area (Å²) in [4.78, 5) is 30.0. The van der Waals surface area contributed by atoms with Crippen molar-refractivity contribution in [1.29, 1.82) is 0 Å². The Kier molecular flexibility index (Phi) is 3.83. The third-order valence-electron chi connectivity index (χ3n) is 5.60.